The average Bonchev–Trinajstić information content (AvgIpc) is 2.38. The maximum Gasteiger partial charge on any atom is 0.193 e. The third-order valence-electron chi connectivity index (χ3n) is 2.55. The summed E-state index contributed by atoms with van der Waals surface area (Å²) in [7, 11) is 0. The number of ketones is 1. The van der Waals surface area contributed by atoms with Crippen LogP contribution in [0.1, 0.15) is 22.8 Å². The smallest absolute Gasteiger partial charge is 0.193 e. The van der Waals surface area contributed by atoms with Gasteiger partial charge in [-0.05, 0) is 49.4 Å². The quantitative estimate of drug-likeness (QED) is 0.769. The standard InChI is InChI=1S/C15H12Cl2O2/c1-2-19-14-5-3-10(4-6-14)15(18)11-7-12(16)9-13(17)8-11/h3-9H,2H2,1H3. The fourth-order valence-corrected chi connectivity index (χ4v) is 2.25. The van der Waals surface area contributed by atoms with Crippen LogP contribution in [0.3, 0.4) is 0 Å². The van der Waals surface area contributed by atoms with Gasteiger partial charge in [-0.2, -0.15) is 0 Å². The van der Waals surface area contributed by atoms with Crippen LogP contribution < -0.4 is 4.74 Å². The molecule has 0 heterocycles. The Hall–Kier alpha value is -1.51. The molecule has 98 valence electrons. The predicted molar refractivity (Wildman–Crippen MR) is 77.5 cm³/mol. The van der Waals surface area contributed by atoms with E-state index in [1.165, 1.54) is 0 Å². The van der Waals surface area contributed by atoms with Crippen LogP contribution in [0.4, 0.5) is 0 Å². The van der Waals surface area contributed by atoms with Gasteiger partial charge in [-0.1, -0.05) is 23.2 Å². The average molecular weight is 295 g/mol. The van der Waals surface area contributed by atoms with Gasteiger partial charge in [-0.3, -0.25) is 4.79 Å². The molecule has 2 nitrogen and oxygen atoms in total. The Morgan fingerprint density at radius 1 is 1.00 bits per heavy atom. The van der Waals surface area contributed by atoms with Gasteiger partial charge in [0, 0.05) is 21.2 Å². The second-order valence-electron chi connectivity index (χ2n) is 3.94. The van der Waals surface area contributed by atoms with E-state index in [0.717, 1.165) is 5.75 Å². The molecule has 0 N–H and O–H groups in total. The Labute approximate surface area is 121 Å². The molecule has 0 atom stereocenters. The van der Waals surface area contributed by atoms with Crippen LogP contribution in [0.5, 0.6) is 5.75 Å². The highest BCUT2D eigenvalue weighted by Gasteiger charge is 2.10. The lowest BCUT2D eigenvalue weighted by Crippen LogP contribution is -2.01. The number of benzene rings is 2. The molecule has 0 spiro atoms. The minimum atomic E-state index is -0.118. The first-order chi connectivity index (χ1) is 9.10. The largest absolute Gasteiger partial charge is 0.494 e. The summed E-state index contributed by atoms with van der Waals surface area (Å²) in [6.07, 6.45) is 0. The van der Waals surface area contributed by atoms with E-state index in [1.807, 2.05) is 6.92 Å². The molecule has 0 radical (unpaired) electrons. The van der Waals surface area contributed by atoms with Crippen molar-refractivity contribution in [3.05, 3.63) is 63.6 Å². The Morgan fingerprint density at radius 3 is 2.11 bits per heavy atom. The normalized spacial score (nSPS) is 10.3. The summed E-state index contributed by atoms with van der Waals surface area (Å²) in [4.78, 5) is 12.3. The molecular weight excluding hydrogens is 283 g/mol. The zero-order chi connectivity index (χ0) is 13.8. The molecule has 0 aliphatic carbocycles. The topological polar surface area (TPSA) is 26.3 Å². The number of halogens is 2. The van der Waals surface area contributed by atoms with E-state index in [4.69, 9.17) is 27.9 Å². The molecule has 0 fully saturated rings. The van der Waals surface area contributed by atoms with Crippen molar-refractivity contribution in [3.63, 3.8) is 0 Å². The first kappa shape index (κ1) is 13.9. The Balaban J connectivity index is 2.28. The molecule has 4 heteroatoms. The fraction of sp³-hybridized carbons (Fsp3) is 0.133. The summed E-state index contributed by atoms with van der Waals surface area (Å²) < 4.78 is 5.33. The van der Waals surface area contributed by atoms with Gasteiger partial charge in [0.25, 0.3) is 0 Å². The van der Waals surface area contributed by atoms with Gasteiger partial charge < -0.3 is 4.74 Å². The van der Waals surface area contributed by atoms with Crippen molar-refractivity contribution in [2.45, 2.75) is 6.92 Å². The van der Waals surface area contributed by atoms with Crippen molar-refractivity contribution in [2.24, 2.45) is 0 Å². The van der Waals surface area contributed by atoms with E-state index < -0.39 is 0 Å². The van der Waals surface area contributed by atoms with Gasteiger partial charge >= 0.3 is 0 Å². The second kappa shape index (κ2) is 6.09. The first-order valence-corrected chi connectivity index (χ1v) is 6.59. The van der Waals surface area contributed by atoms with E-state index in [1.54, 1.807) is 42.5 Å². The molecule has 0 aliphatic rings. The molecule has 0 aliphatic heterocycles. The molecule has 2 rings (SSSR count). The Kier molecular flexibility index (Phi) is 4.46. The van der Waals surface area contributed by atoms with Crippen molar-refractivity contribution >= 4 is 29.0 Å². The predicted octanol–water partition coefficient (Wildman–Crippen LogP) is 4.62. The van der Waals surface area contributed by atoms with Gasteiger partial charge in [0.15, 0.2) is 5.78 Å². The van der Waals surface area contributed by atoms with Gasteiger partial charge in [-0.15, -0.1) is 0 Å². The van der Waals surface area contributed by atoms with Crippen LogP contribution >= 0.6 is 23.2 Å². The molecule has 2 aromatic carbocycles. The van der Waals surface area contributed by atoms with Crippen LogP contribution in [0, 0.1) is 0 Å². The summed E-state index contributed by atoms with van der Waals surface area (Å²) in [6.45, 7) is 2.50. The van der Waals surface area contributed by atoms with Crippen molar-refractivity contribution in [2.75, 3.05) is 6.61 Å². The van der Waals surface area contributed by atoms with Gasteiger partial charge in [0.05, 0.1) is 6.61 Å². The molecule has 0 saturated carbocycles. The lowest BCUT2D eigenvalue weighted by atomic mass is 10.0. The van der Waals surface area contributed by atoms with Gasteiger partial charge in [-0.25, -0.2) is 0 Å². The summed E-state index contributed by atoms with van der Waals surface area (Å²) in [5, 5.41) is 0.892. The lowest BCUT2D eigenvalue weighted by molar-refractivity contribution is 0.103. The zero-order valence-corrected chi connectivity index (χ0v) is 11.8. The van der Waals surface area contributed by atoms with E-state index in [-0.39, 0.29) is 5.78 Å². The summed E-state index contributed by atoms with van der Waals surface area (Å²) in [6, 6.07) is 11.8. The maximum absolute atomic E-state index is 12.3. The molecule has 0 unspecified atom stereocenters. The van der Waals surface area contributed by atoms with E-state index in [0.29, 0.717) is 27.8 Å². The van der Waals surface area contributed by atoms with Gasteiger partial charge in [0.2, 0.25) is 0 Å². The summed E-state index contributed by atoms with van der Waals surface area (Å²) in [5.41, 5.74) is 1.04. The van der Waals surface area contributed by atoms with Crippen molar-refractivity contribution < 1.29 is 9.53 Å². The van der Waals surface area contributed by atoms with Crippen LogP contribution in [-0.4, -0.2) is 12.4 Å². The number of carbonyl (C=O) groups excluding carboxylic acids is 1. The van der Waals surface area contributed by atoms with Crippen LogP contribution in [0.15, 0.2) is 42.5 Å². The van der Waals surface area contributed by atoms with E-state index in [2.05, 4.69) is 0 Å². The first-order valence-electron chi connectivity index (χ1n) is 5.84. The third-order valence-corrected chi connectivity index (χ3v) is 2.99. The molecule has 0 aromatic heterocycles. The molecule has 0 bridgehead atoms. The lowest BCUT2D eigenvalue weighted by Gasteiger charge is -2.05. The van der Waals surface area contributed by atoms with E-state index >= 15 is 0 Å². The number of carbonyl (C=O) groups is 1. The van der Waals surface area contributed by atoms with Crippen molar-refractivity contribution in [1.29, 1.82) is 0 Å². The highest BCUT2D eigenvalue weighted by molar-refractivity contribution is 6.35. The third kappa shape index (κ3) is 3.49. The highest BCUT2D eigenvalue weighted by atomic mass is 35.5. The number of hydrogen-bond donors (Lipinski definition) is 0. The SMILES string of the molecule is CCOc1ccc(C(=O)c2cc(Cl)cc(Cl)c2)cc1. The molecule has 0 amide bonds. The van der Waals surface area contributed by atoms with Crippen molar-refractivity contribution in [3.8, 4) is 5.75 Å². The number of rotatable bonds is 4. The monoisotopic (exact) mass is 294 g/mol. The number of hydrogen-bond acceptors (Lipinski definition) is 2. The van der Waals surface area contributed by atoms with Crippen LogP contribution in [-0.2, 0) is 0 Å². The Morgan fingerprint density at radius 2 is 1.58 bits per heavy atom. The fourth-order valence-electron chi connectivity index (χ4n) is 1.72. The summed E-state index contributed by atoms with van der Waals surface area (Å²) in [5.74, 6) is 0.621. The van der Waals surface area contributed by atoms with Crippen molar-refractivity contribution in [1.82, 2.24) is 0 Å². The molecule has 2 aromatic rings. The van der Waals surface area contributed by atoms with Gasteiger partial charge in [0.1, 0.15) is 5.75 Å². The number of ether oxygens (including phenoxy) is 1. The highest BCUT2D eigenvalue weighted by Crippen LogP contribution is 2.22. The van der Waals surface area contributed by atoms with Crippen LogP contribution in [0.25, 0.3) is 0 Å². The Bertz CT molecular complexity index is 571. The second-order valence-corrected chi connectivity index (χ2v) is 4.82. The maximum atomic E-state index is 12.3. The summed E-state index contributed by atoms with van der Waals surface area (Å²) >= 11 is 11.8. The molecule has 19 heavy (non-hydrogen) atoms. The van der Waals surface area contributed by atoms with E-state index in [9.17, 15) is 4.79 Å². The van der Waals surface area contributed by atoms with Crippen LogP contribution in [0.2, 0.25) is 10.0 Å². The minimum absolute atomic E-state index is 0.118. The molecular formula is C15H12Cl2O2. The zero-order valence-electron chi connectivity index (χ0n) is 10.3. The minimum Gasteiger partial charge on any atom is -0.494 e. The molecule has 0 saturated heterocycles.